The first-order chi connectivity index (χ1) is 9.56. The fourth-order valence-electron chi connectivity index (χ4n) is 3.61. The van der Waals surface area contributed by atoms with Gasteiger partial charge in [-0.05, 0) is 30.2 Å². The Morgan fingerprint density at radius 1 is 1.35 bits per heavy atom. The Kier molecular flexibility index (Phi) is 3.74. The number of nitrogens with zero attached hydrogens (tertiary/aromatic N) is 1. The van der Waals surface area contributed by atoms with Gasteiger partial charge in [-0.2, -0.15) is 0 Å². The molecule has 0 bridgehead atoms. The standard InChI is InChI=1S/C17H26N2O/c1-17(2)8-7-14(16(17)18)12-19-9-10-20-15-6-4-3-5-13(15)11-19/h3-6,14,16H,7-12,18H2,1-2H3. The van der Waals surface area contributed by atoms with Crippen LogP contribution in [0.5, 0.6) is 5.75 Å². The van der Waals surface area contributed by atoms with Gasteiger partial charge in [0.15, 0.2) is 0 Å². The Balaban J connectivity index is 1.67. The lowest BCUT2D eigenvalue weighted by Crippen LogP contribution is -2.42. The second-order valence-corrected chi connectivity index (χ2v) is 7.00. The topological polar surface area (TPSA) is 38.5 Å². The number of hydrogen-bond acceptors (Lipinski definition) is 3. The molecule has 1 aliphatic heterocycles. The first-order valence-electron chi connectivity index (χ1n) is 7.75. The first-order valence-corrected chi connectivity index (χ1v) is 7.75. The zero-order valence-electron chi connectivity index (χ0n) is 12.6. The van der Waals surface area contributed by atoms with E-state index in [1.807, 2.05) is 6.07 Å². The van der Waals surface area contributed by atoms with Gasteiger partial charge in [0.1, 0.15) is 12.4 Å². The highest BCUT2D eigenvalue weighted by atomic mass is 16.5. The Bertz CT molecular complexity index is 472. The molecular weight excluding hydrogens is 248 g/mol. The van der Waals surface area contributed by atoms with Gasteiger partial charge in [-0.25, -0.2) is 0 Å². The Morgan fingerprint density at radius 2 is 2.15 bits per heavy atom. The highest BCUT2D eigenvalue weighted by molar-refractivity contribution is 5.33. The van der Waals surface area contributed by atoms with Crippen molar-refractivity contribution in [3.8, 4) is 5.75 Å². The van der Waals surface area contributed by atoms with Crippen LogP contribution in [0.3, 0.4) is 0 Å². The molecule has 20 heavy (non-hydrogen) atoms. The minimum absolute atomic E-state index is 0.297. The van der Waals surface area contributed by atoms with Crippen LogP contribution < -0.4 is 10.5 Å². The third kappa shape index (κ3) is 2.70. The normalized spacial score (nSPS) is 29.6. The molecule has 2 atom stereocenters. The van der Waals surface area contributed by atoms with Crippen molar-refractivity contribution in [3.63, 3.8) is 0 Å². The maximum Gasteiger partial charge on any atom is 0.123 e. The van der Waals surface area contributed by atoms with Crippen molar-refractivity contribution >= 4 is 0 Å². The van der Waals surface area contributed by atoms with Crippen LogP contribution in [-0.4, -0.2) is 30.6 Å². The van der Waals surface area contributed by atoms with E-state index < -0.39 is 0 Å². The van der Waals surface area contributed by atoms with Crippen LogP contribution >= 0.6 is 0 Å². The summed E-state index contributed by atoms with van der Waals surface area (Å²) < 4.78 is 5.84. The molecule has 0 radical (unpaired) electrons. The summed E-state index contributed by atoms with van der Waals surface area (Å²) in [6, 6.07) is 8.71. The zero-order valence-corrected chi connectivity index (χ0v) is 12.6. The third-order valence-corrected chi connectivity index (χ3v) is 5.09. The summed E-state index contributed by atoms with van der Waals surface area (Å²) in [4.78, 5) is 2.51. The SMILES string of the molecule is CC1(C)CCC(CN2CCOc3ccccc3C2)C1N. The molecule has 1 heterocycles. The van der Waals surface area contributed by atoms with E-state index in [0.29, 0.717) is 17.4 Å². The van der Waals surface area contributed by atoms with Crippen molar-refractivity contribution in [3.05, 3.63) is 29.8 Å². The highest BCUT2D eigenvalue weighted by Crippen LogP contribution is 2.40. The summed E-state index contributed by atoms with van der Waals surface area (Å²) in [6.45, 7) is 8.47. The Morgan fingerprint density at radius 3 is 2.90 bits per heavy atom. The van der Waals surface area contributed by atoms with Crippen molar-refractivity contribution in [2.24, 2.45) is 17.1 Å². The average Bonchev–Trinajstić information content (AvgIpc) is 2.62. The van der Waals surface area contributed by atoms with Crippen LogP contribution in [0, 0.1) is 11.3 Å². The molecule has 0 spiro atoms. The summed E-state index contributed by atoms with van der Waals surface area (Å²) >= 11 is 0. The van der Waals surface area contributed by atoms with Crippen molar-refractivity contribution in [1.29, 1.82) is 0 Å². The second kappa shape index (κ2) is 5.38. The lowest BCUT2D eigenvalue weighted by atomic mass is 9.85. The lowest BCUT2D eigenvalue weighted by molar-refractivity contribution is 0.182. The smallest absolute Gasteiger partial charge is 0.123 e. The van der Waals surface area contributed by atoms with Crippen molar-refractivity contribution in [2.45, 2.75) is 39.3 Å². The lowest BCUT2D eigenvalue weighted by Gasteiger charge is -2.30. The van der Waals surface area contributed by atoms with Crippen LogP contribution in [0.2, 0.25) is 0 Å². The molecule has 3 nitrogen and oxygen atoms in total. The van der Waals surface area contributed by atoms with E-state index in [1.54, 1.807) is 0 Å². The molecule has 1 aromatic carbocycles. The molecule has 0 amide bonds. The van der Waals surface area contributed by atoms with Crippen LogP contribution in [0.4, 0.5) is 0 Å². The van der Waals surface area contributed by atoms with E-state index in [9.17, 15) is 0 Å². The summed E-state index contributed by atoms with van der Waals surface area (Å²) in [6.07, 6.45) is 2.51. The molecule has 3 rings (SSSR count). The fourth-order valence-corrected chi connectivity index (χ4v) is 3.61. The van der Waals surface area contributed by atoms with E-state index in [1.165, 1.54) is 18.4 Å². The van der Waals surface area contributed by atoms with Gasteiger partial charge in [0, 0.05) is 31.2 Å². The predicted molar refractivity (Wildman–Crippen MR) is 81.7 cm³/mol. The van der Waals surface area contributed by atoms with Gasteiger partial charge in [-0.15, -0.1) is 0 Å². The summed E-state index contributed by atoms with van der Waals surface area (Å²) in [5, 5.41) is 0. The molecule has 0 saturated heterocycles. The van der Waals surface area contributed by atoms with Gasteiger partial charge in [-0.3, -0.25) is 4.90 Å². The average molecular weight is 274 g/mol. The third-order valence-electron chi connectivity index (χ3n) is 5.09. The zero-order chi connectivity index (χ0) is 14.2. The molecule has 3 heteroatoms. The highest BCUT2D eigenvalue weighted by Gasteiger charge is 2.39. The first kappa shape index (κ1) is 13.9. The number of nitrogens with two attached hydrogens (primary N) is 1. The van der Waals surface area contributed by atoms with Gasteiger partial charge < -0.3 is 10.5 Å². The molecule has 1 aromatic rings. The molecule has 2 aliphatic rings. The van der Waals surface area contributed by atoms with E-state index >= 15 is 0 Å². The van der Waals surface area contributed by atoms with Gasteiger partial charge in [0.05, 0.1) is 0 Å². The number of rotatable bonds is 2. The van der Waals surface area contributed by atoms with E-state index in [2.05, 4.69) is 36.9 Å². The number of ether oxygens (including phenoxy) is 1. The molecule has 1 fully saturated rings. The summed E-state index contributed by atoms with van der Waals surface area (Å²) in [5.74, 6) is 1.67. The van der Waals surface area contributed by atoms with Crippen LogP contribution in [0.25, 0.3) is 0 Å². The van der Waals surface area contributed by atoms with Gasteiger partial charge in [0.2, 0.25) is 0 Å². The number of benzene rings is 1. The maximum atomic E-state index is 6.45. The predicted octanol–water partition coefficient (Wildman–Crippen LogP) is 2.64. The largest absolute Gasteiger partial charge is 0.492 e. The Labute approximate surface area is 122 Å². The van der Waals surface area contributed by atoms with Gasteiger partial charge >= 0.3 is 0 Å². The molecule has 1 saturated carbocycles. The number of hydrogen-bond donors (Lipinski definition) is 1. The van der Waals surface area contributed by atoms with Gasteiger partial charge in [-0.1, -0.05) is 32.0 Å². The van der Waals surface area contributed by atoms with Crippen LogP contribution in [0.15, 0.2) is 24.3 Å². The molecule has 0 aromatic heterocycles. The molecular formula is C17H26N2O. The molecule has 2 unspecified atom stereocenters. The minimum Gasteiger partial charge on any atom is -0.492 e. The molecule has 110 valence electrons. The Hall–Kier alpha value is -1.06. The van der Waals surface area contributed by atoms with E-state index in [4.69, 9.17) is 10.5 Å². The van der Waals surface area contributed by atoms with Crippen molar-refractivity contribution in [1.82, 2.24) is 4.90 Å². The van der Waals surface area contributed by atoms with E-state index in [0.717, 1.165) is 32.0 Å². The van der Waals surface area contributed by atoms with E-state index in [-0.39, 0.29) is 0 Å². The molecule has 2 N–H and O–H groups in total. The van der Waals surface area contributed by atoms with Crippen LogP contribution in [-0.2, 0) is 6.54 Å². The van der Waals surface area contributed by atoms with Gasteiger partial charge in [0.25, 0.3) is 0 Å². The number of para-hydroxylation sites is 1. The fraction of sp³-hybridized carbons (Fsp3) is 0.647. The van der Waals surface area contributed by atoms with Crippen LogP contribution in [0.1, 0.15) is 32.3 Å². The summed E-state index contributed by atoms with van der Waals surface area (Å²) in [7, 11) is 0. The maximum absolute atomic E-state index is 6.45. The second-order valence-electron chi connectivity index (χ2n) is 7.00. The quantitative estimate of drug-likeness (QED) is 0.901. The molecule has 1 aliphatic carbocycles. The number of fused-ring (bicyclic) bond motifs is 1. The summed E-state index contributed by atoms with van der Waals surface area (Å²) in [5.41, 5.74) is 8.05. The monoisotopic (exact) mass is 274 g/mol. The van der Waals surface area contributed by atoms with Crippen molar-refractivity contribution < 1.29 is 4.74 Å². The van der Waals surface area contributed by atoms with Crippen molar-refractivity contribution in [2.75, 3.05) is 19.7 Å². The minimum atomic E-state index is 0.297.